The van der Waals surface area contributed by atoms with Crippen molar-refractivity contribution in [3.8, 4) is 23.0 Å². The van der Waals surface area contributed by atoms with Gasteiger partial charge in [-0.1, -0.05) is 0 Å². The van der Waals surface area contributed by atoms with Crippen LogP contribution in [0.1, 0.15) is 10.4 Å². The van der Waals surface area contributed by atoms with Gasteiger partial charge in [0, 0.05) is 6.20 Å². The Bertz CT molecular complexity index is 966. The first-order valence-corrected chi connectivity index (χ1v) is 6.54. The van der Waals surface area contributed by atoms with E-state index in [1.54, 1.807) is 30.5 Å². The van der Waals surface area contributed by atoms with Gasteiger partial charge in [-0.3, -0.25) is 5.10 Å². The lowest BCUT2D eigenvalue weighted by molar-refractivity contribution is 0.0697. The monoisotopic (exact) mass is 294 g/mol. The number of rotatable bonds is 3. The SMILES string of the molecule is O=C(O)c1ccc2nc(-c3ccc(-c4ccn[nH]4)o3)[nH]c2c1. The number of hydrogen-bond acceptors (Lipinski definition) is 4. The Morgan fingerprint density at radius 2 is 2.00 bits per heavy atom. The number of H-pyrrole nitrogens is 2. The number of furan rings is 1. The van der Waals surface area contributed by atoms with Gasteiger partial charge in [0.2, 0.25) is 0 Å². The van der Waals surface area contributed by atoms with Crippen LogP contribution in [-0.2, 0) is 0 Å². The van der Waals surface area contributed by atoms with E-state index in [4.69, 9.17) is 9.52 Å². The highest BCUT2D eigenvalue weighted by atomic mass is 16.4. The van der Waals surface area contributed by atoms with Crippen molar-refractivity contribution < 1.29 is 14.3 Å². The lowest BCUT2D eigenvalue weighted by atomic mass is 10.2. The molecule has 3 aromatic heterocycles. The van der Waals surface area contributed by atoms with Crippen LogP contribution in [0, 0.1) is 0 Å². The molecule has 3 N–H and O–H groups in total. The molecule has 1 aromatic carbocycles. The lowest BCUT2D eigenvalue weighted by Gasteiger charge is -1.92. The van der Waals surface area contributed by atoms with Crippen LogP contribution in [0.5, 0.6) is 0 Å². The van der Waals surface area contributed by atoms with E-state index >= 15 is 0 Å². The molecule has 108 valence electrons. The summed E-state index contributed by atoms with van der Waals surface area (Å²) in [6.45, 7) is 0. The molecule has 0 aliphatic carbocycles. The standard InChI is InChI=1S/C15H10N4O3/c20-15(21)8-1-2-9-11(7-8)18-14(17-9)13-4-3-12(22-13)10-5-6-16-19-10/h1-7H,(H,16,19)(H,17,18)(H,20,21). The molecule has 0 saturated heterocycles. The van der Waals surface area contributed by atoms with Crippen molar-refractivity contribution in [3.63, 3.8) is 0 Å². The maximum Gasteiger partial charge on any atom is 0.335 e. The van der Waals surface area contributed by atoms with Crippen molar-refractivity contribution in [1.29, 1.82) is 0 Å². The number of aromatic nitrogens is 4. The molecule has 0 fully saturated rings. The highest BCUT2D eigenvalue weighted by Gasteiger charge is 2.13. The number of aromatic carboxylic acids is 1. The van der Waals surface area contributed by atoms with Crippen LogP contribution < -0.4 is 0 Å². The summed E-state index contributed by atoms with van der Waals surface area (Å²) in [5.74, 6) is 0.790. The highest BCUT2D eigenvalue weighted by molar-refractivity contribution is 5.92. The summed E-state index contributed by atoms with van der Waals surface area (Å²) in [6, 6.07) is 10.2. The zero-order valence-electron chi connectivity index (χ0n) is 11.2. The van der Waals surface area contributed by atoms with Gasteiger partial charge >= 0.3 is 5.97 Å². The molecule has 0 bridgehead atoms. The van der Waals surface area contributed by atoms with Crippen LogP contribution in [0.4, 0.5) is 0 Å². The summed E-state index contributed by atoms with van der Waals surface area (Å²) in [6.07, 6.45) is 1.64. The number of imidazole rings is 1. The van der Waals surface area contributed by atoms with E-state index in [0.29, 0.717) is 28.4 Å². The minimum absolute atomic E-state index is 0.209. The van der Waals surface area contributed by atoms with Crippen molar-refractivity contribution in [1.82, 2.24) is 20.2 Å². The Balaban J connectivity index is 1.76. The van der Waals surface area contributed by atoms with E-state index in [1.165, 1.54) is 6.07 Å². The predicted octanol–water partition coefficient (Wildman–Crippen LogP) is 2.91. The molecule has 0 aliphatic rings. The molecule has 7 nitrogen and oxygen atoms in total. The van der Waals surface area contributed by atoms with Crippen molar-refractivity contribution in [2.45, 2.75) is 0 Å². The Hall–Kier alpha value is -3.35. The fraction of sp³-hybridized carbons (Fsp3) is 0. The molecule has 4 aromatic rings. The molecule has 0 saturated carbocycles. The fourth-order valence-corrected chi connectivity index (χ4v) is 2.26. The van der Waals surface area contributed by atoms with Gasteiger partial charge in [0.05, 0.1) is 16.6 Å². The molecule has 0 radical (unpaired) electrons. The number of fused-ring (bicyclic) bond motifs is 1. The summed E-state index contributed by atoms with van der Waals surface area (Å²) in [4.78, 5) is 18.5. The first-order chi connectivity index (χ1) is 10.7. The van der Waals surface area contributed by atoms with Gasteiger partial charge in [0.1, 0.15) is 5.69 Å². The van der Waals surface area contributed by atoms with Crippen LogP contribution >= 0.6 is 0 Å². The minimum atomic E-state index is -0.974. The molecule has 0 amide bonds. The maximum atomic E-state index is 11.0. The summed E-state index contributed by atoms with van der Waals surface area (Å²) >= 11 is 0. The second-order valence-corrected chi connectivity index (χ2v) is 4.76. The van der Waals surface area contributed by atoms with Crippen molar-refractivity contribution in [2.75, 3.05) is 0 Å². The third-order valence-electron chi connectivity index (χ3n) is 3.33. The third kappa shape index (κ3) is 1.96. The van der Waals surface area contributed by atoms with Gasteiger partial charge in [-0.15, -0.1) is 0 Å². The Morgan fingerprint density at radius 1 is 1.14 bits per heavy atom. The Kier molecular flexibility index (Phi) is 2.59. The number of carbonyl (C=O) groups is 1. The Morgan fingerprint density at radius 3 is 2.77 bits per heavy atom. The van der Waals surface area contributed by atoms with Crippen LogP contribution in [0.3, 0.4) is 0 Å². The number of carboxylic acid groups (broad SMARTS) is 1. The summed E-state index contributed by atoms with van der Waals surface area (Å²) in [5, 5.41) is 15.7. The Labute approximate surface area is 123 Å². The number of nitrogens with one attached hydrogen (secondary N) is 2. The maximum absolute atomic E-state index is 11.0. The van der Waals surface area contributed by atoms with Gasteiger partial charge in [0.25, 0.3) is 0 Å². The fourth-order valence-electron chi connectivity index (χ4n) is 2.26. The van der Waals surface area contributed by atoms with Crippen LogP contribution in [-0.4, -0.2) is 31.2 Å². The molecule has 0 aliphatic heterocycles. The number of hydrogen-bond donors (Lipinski definition) is 3. The topological polar surface area (TPSA) is 108 Å². The van der Waals surface area contributed by atoms with E-state index in [9.17, 15) is 4.79 Å². The van der Waals surface area contributed by atoms with Crippen LogP contribution in [0.15, 0.2) is 47.0 Å². The second-order valence-electron chi connectivity index (χ2n) is 4.76. The molecule has 7 heteroatoms. The molecule has 22 heavy (non-hydrogen) atoms. The zero-order valence-corrected chi connectivity index (χ0v) is 11.2. The predicted molar refractivity (Wildman–Crippen MR) is 78.3 cm³/mol. The zero-order chi connectivity index (χ0) is 15.1. The van der Waals surface area contributed by atoms with E-state index in [2.05, 4.69) is 20.2 Å². The molecule has 4 rings (SSSR count). The van der Waals surface area contributed by atoms with Crippen molar-refractivity contribution >= 4 is 17.0 Å². The van der Waals surface area contributed by atoms with E-state index < -0.39 is 5.97 Å². The quantitative estimate of drug-likeness (QED) is 0.538. The average molecular weight is 294 g/mol. The largest absolute Gasteiger partial charge is 0.478 e. The molecule has 0 spiro atoms. The van der Waals surface area contributed by atoms with E-state index in [1.807, 2.05) is 6.07 Å². The molecule has 0 atom stereocenters. The number of benzene rings is 1. The van der Waals surface area contributed by atoms with E-state index in [-0.39, 0.29) is 5.56 Å². The lowest BCUT2D eigenvalue weighted by Crippen LogP contribution is -1.94. The van der Waals surface area contributed by atoms with Gasteiger partial charge in [0.15, 0.2) is 17.3 Å². The summed E-state index contributed by atoms with van der Waals surface area (Å²) in [5.41, 5.74) is 2.31. The van der Waals surface area contributed by atoms with Gasteiger partial charge in [-0.25, -0.2) is 9.78 Å². The van der Waals surface area contributed by atoms with Gasteiger partial charge in [-0.2, -0.15) is 5.10 Å². The normalized spacial score (nSPS) is 11.1. The number of carboxylic acids is 1. The summed E-state index contributed by atoms with van der Waals surface area (Å²) in [7, 11) is 0. The third-order valence-corrected chi connectivity index (χ3v) is 3.33. The average Bonchev–Trinajstić information content (AvgIpc) is 3.24. The van der Waals surface area contributed by atoms with E-state index in [0.717, 1.165) is 5.69 Å². The van der Waals surface area contributed by atoms with Gasteiger partial charge in [-0.05, 0) is 36.4 Å². The molecular formula is C15H10N4O3. The smallest absolute Gasteiger partial charge is 0.335 e. The number of nitrogens with zero attached hydrogens (tertiary/aromatic N) is 2. The van der Waals surface area contributed by atoms with Crippen LogP contribution in [0.25, 0.3) is 34.1 Å². The number of aromatic amines is 2. The highest BCUT2D eigenvalue weighted by Crippen LogP contribution is 2.27. The molecular weight excluding hydrogens is 284 g/mol. The second kappa shape index (κ2) is 4.59. The van der Waals surface area contributed by atoms with Gasteiger partial charge < -0.3 is 14.5 Å². The minimum Gasteiger partial charge on any atom is -0.478 e. The summed E-state index contributed by atoms with van der Waals surface area (Å²) < 4.78 is 5.74. The van der Waals surface area contributed by atoms with Crippen LogP contribution in [0.2, 0.25) is 0 Å². The molecule has 0 unspecified atom stereocenters. The van der Waals surface area contributed by atoms with Crippen molar-refractivity contribution in [3.05, 3.63) is 48.2 Å². The first-order valence-electron chi connectivity index (χ1n) is 6.54. The first kappa shape index (κ1) is 12.4. The molecule has 3 heterocycles. The van der Waals surface area contributed by atoms with Crippen molar-refractivity contribution in [2.24, 2.45) is 0 Å².